The van der Waals surface area contributed by atoms with E-state index in [0.29, 0.717) is 48.8 Å². The Morgan fingerprint density at radius 3 is 1.54 bits per heavy atom. The van der Waals surface area contributed by atoms with Crippen molar-refractivity contribution in [1.29, 1.82) is 0 Å². The van der Waals surface area contributed by atoms with Crippen molar-refractivity contribution in [3.63, 3.8) is 0 Å². The van der Waals surface area contributed by atoms with Crippen LogP contribution in [0.5, 0.6) is 11.5 Å². The first-order valence-corrected chi connectivity index (χ1v) is 25.5. The predicted octanol–water partition coefficient (Wildman–Crippen LogP) is 2.22. The van der Waals surface area contributed by atoms with Crippen molar-refractivity contribution in [2.75, 3.05) is 129 Å². The number of piperazine rings is 2. The van der Waals surface area contributed by atoms with Crippen LogP contribution in [0.15, 0.2) is 99.3 Å². The molecule has 0 saturated carbocycles. The highest BCUT2D eigenvalue weighted by molar-refractivity contribution is 7.90. The molecule has 25 heteroatoms. The van der Waals surface area contributed by atoms with E-state index in [4.69, 9.17) is 35.5 Å². The van der Waals surface area contributed by atoms with E-state index in [9.17, 15) is 8.42 Å². The zero-order valence-electron chi connectivity index (χ0n) is 40.7. The SMILES string of the molecule is CN1CCN(CCOc2ccc(CCN)cc2)CC1.CN1CCN(CCOc2ccc(CCNc3nc(N)n4nc(-c5ccco5)nc4n3)cc2)CC1.CS(=O)(=O)c1nc(N)n2nc(-c3ccco3)nc2n1. The first kappa shape index (κ1) is 51.1. The monoisotopic (exact) mass is 1010 g/mol. The third-order valence-corrected chi connectivity index (χ3v) is 12.6. The van der Waals surface area contributed by atoms with Gasteiger partial charge in [-0.25, -0.2) is 8.42 Å². The fourth-order valence-electron chi connectivity index (χ4n) is 7.57. The number of fused-ring (bicyclic) bond motifs is 2. The minimum Gasteiger partial charge on any atom is -0.492 e. The number of rotatable bonds is 17. The Kier molecular flexibility index (Phi) is 17.2. The van der Waals surface area contributed by atoms with E-state index in [0.717, 1.165) is 107 Å². The zero-order chi connectivity index (χ0) is 50.5. The number of nitrogens with zero attached hydrogens (tertiary/aromatic N) is 14. The topological polar surface area (TPSA) is 294 Å². The van der Waals surface area contributed by atoms with E-state index >= 15 is 0 Å². The molecular weight excluding hydrogens is 945 g/mol. The van der Waals surface area contributed by atoms with Crippen LogP contribution in [-0.4, -0.2) is 189 Å². The number of nitrogen functional groups attached to an aromatic ring is 2. The highest BCUT2D eigenvalue weighted by Crippen LogP contribution is 2.20. The number of furan rings is 2. The Hall–Kier alpha value is -7.29. The Labute approximate surface area is 417 Å². The molecule has 0 unspecified atom stereocenters. The molecule has 2 aliphatic heterocycles. The molecule has 24 nitrogen and oxygen atoms in total. The van der Waals surface area contributed by atoms with Gasteiger partial charge in [0.2, 0.25) is 39.3 Å². The molecular formula is C47H62N18O6S. The van der Waals surface area contributed by atoms with Crippen LogP contribution in [0.25, 0.3) is 34.7 Å². The molecule has 6 aromatic heterocycles. The number of hydrogen-bond acceptors (Lipinski definition) is 22. The predicted molar refractivity (Wildman–Crippen MR) is 271 cm³/mol. The van der Waals surface area contributed by atoms with Crippen molar-refractivity contribution in [2.45, 2.75) is 18.0 Å². The standard InChI is InChI=1S/C23H29N9O2.C15H25N3O.C9H8N6O3S/c1-30-10-12-31(13-11-30)14-16-33-18-6-4-17(5-7-18)8-9-25-22-27-21(24)32-23(28-22)26-20(29-32)19-3-2-15-34-19;1-17-8-10-18(11-9-17)12-13-19-15-4-2-14(3-5-15)6-7-16;1-19(16,17)9-12-7(10)15-8(13-9)11-6(14-15)5-3-2-4-18-5/h2-7,15H,8-14,16H2,1H3,(H3,24,25,26,27,28,29);2-5H,6-13,16H2,1H3;2-4H,1H3,(H2,10,11,12,13,14). The van der Waals surface area contributed by atoms with Crippen LogP contribution in [0, 0.1) is 0 Å². The molecule has 72 heavy (non-hydrogen) atoms. The quantitative estimate of drug-likeness (QED) is 0.102. The van der Waals surface area contributed by atoms with Crippen molar-refractivity contribution < 1.29 is 26.7 Å². The van der Waals surface area contributed by atoms with Gasteiger partial charge in [-0.15, -0.1) is 10.2 Å². The van der Waals surface area contributed by atoms with E-state index in [1.165, 1.54) is 21.9 Å². The number of nitrogens with two attached hydrogens (primary N) is 3. The van der Waals surface area contributed by atoms with Crippen molar-refractivity contribution in [1.82, 2.24) is 68.7 Å². The summed E-state index contributed by atoms with van der Waals surface area (Å²) in [7, 11) is 0.777. The molecule has 2 saturated heterocycles. The number of ether oxygens (including phenoxy) is 2. The normalized spacial score (nSPS) is 14.9. The van der Waals surface area contributed by atoms with E-state index in [-0.39, 0.29) is 23.5 Å². The maximum atomic E-state index is 11.4. The Morgan fingerprint density at radius 1 is 0.611 bits per heavy atom. The van der Waals surface area contributed by atoms with Crippen LogP contribution in [0.1, 0.15) is 11.1 Å². The zero-order valence-corrected chi connectivity index (χ0v) is 41.6. The fourth-order valence-corrected chi connectivity index (χ4v) is 8.08. The number of likely N-dealkylation sites (N-methyl/N-ethyl adjacent to an activating group) is 2. The molecule has 0 atom stereocenters. The maximum absolute atomic E-state index is 11.4. The second-order valence-electron chi connectivity index (χ2n) is 17.3. The minimum atomic E-state index is -3.57. The lowest BCUT2D eigenvalue weighted by Gasteiger charge is -2.32. The molecule has 382 valence electrons. The average molecular weight is 1010 g/mol. The van der Waals surface area contributed by atoms with Gasteiger partial charge >= 0.3 is 0 Å². The van der Waals surface area contributed by atoms with Crippen LogP contribution in [0.4, 0.5) is 17.8 Å². The molecule has 8 heterocycles. The fraction of sp³-hybridized carbons (Fsp3) is 0.404. The first-order chi connectivity index (χ1) is 34.9. The van der Waals surface area contributed by atoms with E-state index < -0.39 is 15.0 Å². The van der Waals surface area contributed by atoms with Crippen LogP contribution < -0.4 is 32.0 Å². The molecule has 2 aliphatic rings. The number of nitrogens with one attached hydrogen (secondary N) is 1. The van der Waals surface area contributed by atoms with Crippen LogP contribution >= 0.6 is 0 Å². The summed E-state index contributed by atoms with van der Waals surface area (Å²) in [4.78, 5) is 34.2. The van der Waals surface area contributed by atoms with Gasteiger partial charge in [-0.2, -0.15) is 38.9 Å². The summed E-state index contributed by atoms with van der Waals surface area (Å²) in [5.74, 6) is 4.38. The van der Waals surface area contributed by atoms with E-state index in [2.05, 4.69) is 103 Å². The third kappa shape index (κ3) is 14.2. The highest BCUT2D eigenvalue weighted by atomic mass is 32.2. The Balaban J connectivity index is 0.000000156. The molecule has 0 bridgehead atoms. The molecule has 0 aliphatic carbocycles. The molecule has 0 spiro atoms. The first-order valence-electron chi connectivity index (χ1n) is 23.6. The van der Waals surface area contributed by atoms with Gasteiger partial charge in [-0.1, -0.05) is 24.3 Å². The lowest BCUT2D eigenvalue weighted by Crippen LogP contribution is -2.45. The third-order valence-electron chi connectivity index (χ3n) is 11.8. The summed E-state index contributed by atoms with van der Waals surface area (Å²) >= 11 is 0. The Morgan fingerprint density at radius 2 is 1.08 bits per heavy atom. The second-order valence-corrected chi connectivity index (χ2v) is 19.2. The second kappa shape index (κ2) is 24.2. The van der Waals surface area contributed by atoms with Gasteiger partial charge in [0.05, 0.1) is 12.5 Å². The van der Waals surface area contributed by atoms with Crippen molar-refractivity contribution >= 4 is 39.2 Å². The minimum absolute atomic E-state index is 0.0410. The highest BCUT2D eigenvalue weighted by Gasteiger charge is 2.19. The number of aromatic nitrogens is 10. The van der Waals surface area contributed by atoms with Crippen molar-refractivity contribution in [2.24, 2.45) is 5.73 Å². The van der Waals surface area contributed by atoms with Gasteiger partial charge in [-0.05, 0) is 93.1 Å². The van der Waals surface area contributed by atoms with Crippen molar-refractivity contribution in [3.8, 4) is 34.7 Å². The lowest BCUT2D eigenvalue weighted by molar-refractivity contribution is 0.133. The summed E-state index contributed by atoms with van der Waals surface area (Å²) in [5, 5.41) is 11.2. The largest absolute Gasteiger partial charge is 0.492 e. The summed E-state index contributed by atoms with van der Waals surface area (Å²) in [6.45, 7) is 13.9. The van der Waals surface area contributed by atoms with Crippen molar-refractivity contribution in [3.05, 3.63) is 96.4 Å². The lowest BCUT2D eigenvalue weighted by atomic mass is 10.1. The number of anilines is 3. The van der Waals surface area contributed by atoms with E-state index in [1.807, 2.05) is 24.3 Å². The Bertz CT molecular complexity index is 3030. The van der Waals surface area contributed by atoms with Gasteiger partial charge in [0.25, 0.3) is 16.7 Å². The number of hydrogen-bond donors (Lipinski definition) is 4. The molecule has 8 aromatic rings. The molecule has 0 amide bonds. The van der Waals surface area contributed by atoms with Gasteiger partial charge in [0.15, 0.2) is 11.5 Å². The van der Waals surface area contributed by atoms with Gasteiger partial charge in [-0.3, -0.25) is 9.80 Å². The number of sulfone groups is 1. The van der Waals surface area contributed by atoms with Crippen LogP contribution in [0.3, 0.4) is 0 Å². The van der Waals surface area contributed by atoms with Gasteiger partial charge in [0, 0.05) is 78.2 Å². The maximum Gasteiger partial charge on any atom is 0.259 e. The molecule has 2 aromatic carbocycles. The average Bonchev–Trinajstić information content (AvgIpc) is 4.23. The molecule has 10 rings (SSSR count). The molecule has 0 radical (unpaired) electrons. The number of benzene rings is 2. The van der Waals surface area contributed by atoms with Gasteiger partial charge in [0.1, 0.15) is 24.7 Å². The molecule has 7 N–H and O–H groups in total. The molecule has 2 fully saturated rings. The van der Waals surface area contributed by atoms with Crippen LogP contribution in [0.2, 0.25) is 0 Å². The summed E-state index contributed by atoms with van der Waals surface area (Å²) in [6.07, 6.45) is 5.76. The summed E-state index contributed by atoms with van der Waals surface area (Å²) in [5.41, 5.74) is 19.7. The van der Waals surface area contributed by atoms with Gasteiger partial charge < -0.3 is 50.6 Å². The van der Waals surface area contributed by atoms with E-state index in [1.54, 1.807) is 30.5 Å². The van der Waals surface area contributed by atoms with Crippen LogP contribution in [-0.2, 0) is 22.7 Å². The smallest absolute Gasteiger partial charge is 0.259 e. The summed E-state index contributed by atoms with van der Waals surface area (Å²) in [6, 6.07) is 23.4. The summed E-state index contributed by atoms with van der Waals surface area (Å²) < 4.78 is 47.5.